The van der Waals surface area contributed by atoms with Gasteiger partial charge in [-0.2, -0.15) is 0 Å². The lowest BCUT2D eigenvalue weighted by molar-refractivity contribution is -0.120. The highest BCUT2D eigenvalue weighted by atomic mass is 19.1. The lowest BCUT2D eigenvalue weighted by Crippen LogP contribution is -2.37. The Kier molecular flexibility index (Phi) is 3.12. The first-order valence-electron chi connectivity index (χ1n) is 4.92. The average molecular weight is 225 g/mol. The molecule has 1 fully saturated rings. The summed E-state index contributed by atoms with van der Waals surface area (Å²) in [7, 11) is 0. The first kappa shape index (κ1) is 11.0. The summed E-state index contributed by atoms with van der Waals surface area (Å²) < 4.78 is 18.3. The molecule has 2 heterocycles. The molecule has 3 N–H and O–H groups in total. The van der Waals surface area contributed by atoms with E-state index in [1.54, 1.807) is 0 Å². The molecule has 1 aliphatic heterocycles. The standard InChI is InChI=1S/C10H12FN3O2/c11-7-3-13-2-1-9(7)14-10(15)6-4-16-5-8(6)12/h1-3,6,8H,4-5,12H2,(H,13,14,15). The number of aromatic nitrogens is 1. The van der Waals surface area contributed by atoms with Crippen molar-refractivity contribution < 1.29 is 13.9 Å². The highest BCUT2D eigenvalue weighted by Crippen LogP contribution is 2.16. The number of nitrogens with one attached hydrogen (secondary N) is 1. The maximum atomic E-state index is 13.2. The van der Waals surface area contributed by atoms with E-state index in [1.807, 2.05) is 0 Å². The Bertz CT molecular complexity index is 399. The van der Waals surface area contributed by atoms with E-state index in [4.69, 9.17) is 10.5 Å². The summed E-state index contributed by atoms with van der Waals surface area (Å²) in [4.78, 5) is 15.3. The molecule has 5 nitrogen and oxygen atoms in total. The number of anilines is 1. The number of ether oxygens (including phenoxy) is 1. The fraction of sp³-hybridized carbons (Fsp3) is 0.400. The van der Waals surface area contributed by atoms with Gasteiger partial charge in [-0.15, -0.1) is 0 Å². The Morgan fingerprint density at radius 2 is 2.44 bits per heavy atom. The highest BCUT2D eigenvalue weighted by molar-refractivity contribution is 5.93. The van der Waals surface area contributed by atoms with Crippen molar-refractivity contribution >= 4 is 11.6 Å². The van der Waals surface area contributed by atoms with Crippen molar-refractivity contribution in [2.45, 2.75) is 6.04 Å². The quantitative estimate of drug-likeness (QED) is 0.750. The van der Waals surface area contributed by atoms with Gasteiger partial charge in [0.1, 0.15) is 0 Å². The van der Waals surface area contributed by atoms with Crippen molar-refractivity contribution in [3.8, 4) is 0 Å². The molecule has 0 saturated carbocycles. The third-order valence-electron chi connectivity index (χ3n) is 2.49. The fourth-order valence-corrected chi connectivity index (χ4v) is 1.54. The summed E-state index contributed by atoms with van der Waals surface area (Å²) in [5.74, 6) is -1.31. The van der Waals surface area contributed by atoms with Gasteiger partial charge >= 0.3 is 0 Å². The van der Waals surface area contributed by atoms with E-state index in [9.17, 15) is 9.18 Å². The summed E-state index contributed by atoms with van der Waals surface area (Å²) in [6, 6.07) is 1.07. The molecule has 0 bridgehead atoms. The van der Waals surface area contributed by atoms with Gasteiger partial charge in [-0.25, -0.2) is 4.39 Å². The molecule has 1 aliphatic rings. The largest absolute Gasteiger partial charge is 0.379 e. The van der Waals surface area contributed by atoms with Crippen molar-refractivity contribution in [2.75, 3.05) is 18.5 Å². The normalized spacial score (nSPS) is 24.4. The van der Waals surface area contributed by atoms with Gasteiger partial charge in [0, 0.05) is 12.2 Å². The van der Waals surface area contributed by atoms with Crippen LogP contribution in [0.3, 0.4) is 0 Å². The van der Waals surface area contributed by atoms with E-state index >= 15 is 0 Å². The minimum absolute atomic E-state index is 0.110. The number of nitrogens with two attached hydrogens (primary N) is 1. The van der Waals surface area contributed by atoms with Crippen LogP contribution in [0.4, 0.5) is 10.1 Å². The molecule has 86 valence electrons. The van der Waals surface area contributed by atoms with Gasteiger partial charge in [0.25, 0.3) is 0 Å². The van der Waals surface area contributed by atoms with Gasteiger partial charge in [0.05, 0.1) is 31.0 Å². The predicted molar refractivity (Wildman–Crippen MR) is 55.1 cm³/mol. The van der Waals surface area contributed by atoms with Crippen LogP contribution in [-0.2, 0) is 9.53 Å². The molecular weight excluding hydrogens is 213 g/mol. The van der Waals surface area contributed by atoms with Crippen molar-refractivity contribution in [3.05, 3.63) is 24.3 Å². The van der Waals surface area contributed by atoms with Gasteiger partial charge in [-0.3, -0.25) is 9.78 Å². The number of nitrogens with zero attached hydrogens (tertiary/aromatic N) is 1. The average Bonchev–Trinajstić information content (AvgIpc) is 2.68. The Balaban J connectivity index is 2.05. The molecule has 0 radical (unpaired) electrons. The highest BCUT2D eigenvalue weighted by Gasteiger charge is 2.31. The van der Waals surface area contributed by atoms with Crippen molar-refractivity contribution in [3.63, 3.8) is 0 Å². The van der Waals surface area contributed by atoms with Crippen molar-refractivity contribution in [2.24, 2.45) is 11.7 Å². The number of hydrogen-bond acceptors (Lipinski definition) is 4. The van der Waals surface area contributed by atoms with Gasteiger partial charge in [0.15, 0.2) is 5.82 Å². The van der Waals surface area contributed by atoms with Crippen LogP contribution in [-0.4, -0.2) is 30.1 Å². The fourth-order valence-electron chi connectivity index (χ4n) is 1.54. The number of halogens is 1. The van der Waals surface area contributed by atoms with Gasteiger partial charge in [-0.05, 0) is 6.07 Å². The predicted octanol–water partition coefficient (Wildman–Crippen LogP) is 0.133. The summed E-state index contributed by atoms with van der Waals surface area (Å²) in [5.41, 5.74) is 5.79. The molecule has 2 atom stereocenters. The third kappa shape index (κ3) is 2.17. The molecule has 1 aromatic rings. The molecule has 1 saturated heterocycles. The lowest BCUT2D eigenvalue weighted by Gasteiger charge is -2.13. The van der Waals surface area contributed by atoms with Crippen molar-refractivity contribution in [1.29, 1.82) is 0 Å². The van der Waals surface area contributed by atoms with Crippen molar-refractivity contribution in [1.82, 2.24) is 4.98 Å². The molecule has 1 amide bonds. The molecule has 0 aromatic carbocycles. The van der Waals surface area contributed by atoms with Gasteiger partial charge < -0.3 is 15.8 Å². The number of amides is 1. The Hall–Kier alpha value is -1.53. The Morgan fingerprint density at radius 3 is 3.06 bits per heavy atom. The Labute approximate surface area is 91.8 Å². The lowest BCUT2D eigenvalue weighted by atomic mass is 10.0. The summed E-state index contributed by atoms with van der Waals surface area (Å²) in [6.07, 6.45) is 2.45. The van der Waals surface area contributed by atoms with Crippen LogP contribution in [0.5, 0.6) is 0 Å². The first-order chi connectivity index (χ1) is 7.68. The second-order valence-electron chi connectivity index (χ2n) is 3.65. The first-order valence-corrected chi connectivity index (χ1v) is 4.92. The summed E-state index contributed by atoms with van der Waals surface area (Å²) in [6.45, 7) is 0.636. The summed E-state index contributed by atoms with van der Waals surface area (Å²) >= 11 is 0. The van der Waals surface area contributed by atoms with Gasteiger partial charge in [-0.1, -0.05) is 0 Å². The van der Waals surface area contributed by atoms with E-state index < -0.39 is 11.7 Å². The molecular formula is C10H12FN3O2. The van der Waals surface area contributed by atoms with Crippen LogP contribution in [0, 0.1) is 11.7 Å². The molecule has 1 aromatic heterocycles. The molecule has 2 unspecified atom stereocenters. The molecule has 16 heavy (non-hydrogen) atoms. The van der Waals surface area contributed by atoms with Crippen LogP contribution >= 0.6 is 0 Å². The van der Waals surface area contributed by atoms with E-state index in [1.165, 1.54) is 12.3 Å². The van der Waals surface area contributed by atoms with E-state index in [-0.39, 0.29) is 24.2 Å². The van der Waals surface area contributed by atoms with Crippen LogP contribution in [0.1, 0.15) is 0 Å². The number of hydrogen-bond donors (Lipinski definition) is 2. The zero-order valence-electron chi connectivity index (χ0n) is 8.52. The second kappa shape index (κ2) is 4.54. The van der Waals surface area contributed by atoms with Crippen LogP contribution in [0.25, 0.3) is 0 Å². The number of carbonyl (C=O) groups is 1. The minimum atomic E-state index is -0.566. The zero-order valence-corrected chi connectivity index (χ0v) is 8.52. The number of pyridine rings is 1. The molecule has 0 aliphatic carbocycles. The van der Waals surface area contributed by atoms with Crippen LogP contribution in [0.15, 0.2) is 18.5 Å². The zero-order chi connectivity index (χ0) is 11.5. The number of rotatable bonds is 2. The van der Waals surface area contributed by atoms with Gasteiger partial charge in [0.2, 0.25) is 5.91 Å². The minimum Gasteiger partial charge on any atom is -0.379 e. The van der Waals surface area contributed by atoms with E-state index in [0.717, 1.165) is 6.20 Å². The topological polar surface area (TPSA) is 77.2 Å². The SMILES string of the molecule is NC1COCC1C(=O)Nc1ccncc1F. The maximum absolute atomic E-state index is 13.2. The molecule has 6 heteroatoms. The summed E-state index contributed by atoms with van der Waals surface area (Å²) in [5, 5.41) is 2.47. The second-order valence-corrected chi connectivity index (χ2v) is 3.65. The monoisotopic (exact) mass is 225 g/mol. The van der Waals surface area contributed by atoms with Crippen LogP contribution in [0.2, 0.25) is 0 Å². The maximum Gasteiger partial charge on any atom is 0.231 e. The smallest absolute Gasteiger partial charge is 0.231 e. The van der Waals surface area contributed by atoms with E-state index in [2.05, 4.69) is 10.3 Å². The Morgan fingerprint density at radius 1 is 1.62 bits per heavy atom. The van der Waals surface area contributed by atoms with Crippen LogP contribution < -0.4 is 11.1 Å². The number of carbonyl (C=O) groups excluding carboxylic acids is 1. The molecule has 2 rings (SSSR count). The molecule has 0 spiro atoms. The van der Waals surface area contributed by atoms with E-state index in [0.29, 0.717) is 6.61 Å². The third-order valence-corrected chi connectivity index (χ3v) is 2.49.